The Hall–Kier alpha value is -1.81. The Kier molecular flexibility index (Phi) is 2.59. The third-order valence-electron chi connectivity index (χ3n) is 2.89. The lowest BCUT2D eigenvalue weighted by Gasteiger charge is -2.03. The van der Waals surface area contributed by atoms with Crippen molar-refractivity contribution in [2.24, 2.45) is 0 Å². The first-order chi connectivity index (χ1) is 8.65. The average Bonchev–Trinajstić information content (AvgIpc) is 2.66. The van der Waals surface area contributed by atoms with E-state index in [2.05, 4.69) is 46.0 Å². The largest absolute Gasteiger partial charge is 0.398 e. The molecule has 0 saturated carbocycles. The van der Waals surface area contributed by atoms with Crippen LogP contribution < -0.4 is 5.73 Å². The first-order valence-corrected chi connectivity index (χ1v) is 6.44. The van der Waals surface area contributed by atoms with Gasteiger partial charge in [0, 0.05) is 17.4 Å². The zero-order valence-electron chi connectivity index (χ0n) is 9.89. The topological polar surface area (TPSA) is 43.3 Å². The fourth-order valence-corrected chi connectivity index (χ4v) is 2.54. The summed E-state index contributed by atoms with van der Waals surface area (Å²) in [6.07, 6.45) is 1.89. The summed E-state index contributed by atoms with van der Waals surface area (Å²) in [7, 11) is 0. The van der Waals surface area contributed by atoms with Crippen LogP contribution in [0.2, 0.25) is 0 Å². The number of rotatable bonds is 1. The number of nitrogens with two attached hydrogens (primary N) is 1. The van der Waals surface area contributed by atoms with Crippen molar-refractivity contribution in [1.29, 1.82) is 0 Å². The second-order valence-corrected chi connectivity index (χ2v) is 5.06. The van der Waals surface area contributed by atoms with Crippen molar-refractivity contribution in [1.82, 2.24) is 9.38 Å². The fraction of sp³-hybridized carbons (Fsp3) is 0.0714. The average molecular weight is 302 g/mol. The van der Waals surface area contributed by atoms with Gasteiger partial charge in [0.15, 0.2) is 0 Å². The molecule has 0 bridgehead atoms. The van der Waals surface area contributed by atoms with Crippen LogP contribution in [0.3, 0.4) is 0 Å². The van der Waals surface area contributed by atoms with Gasteiger partial charge in [-0.05, 0) is 41.1 Å². The first-order valence-electron chi connectivity index (χ1n) is 5.65. The minimum atomic E-state index is 0.723. The molecule has 0 atom stereocenters. The van der Waals surface area contributed by atoms with Crippen molar-refractivity contribution >= 4 is 27.1 Å². The summed E-state index contributed by atoms with van der Waals surface area (Å²) < 4.78 is 2.84. The van der Waals surface area contributed by atoms with E-state index in [1.54, 1.807) is 0 Å². The number of hydrogen-bond acceptors (Lipinski definition) is 2. The number of nitrogens with zero attached hydrogens (tertiary/aromatic N) is 2. The van der Waals surface area contributed by atoms with Crippen molar-refractivity contribution in [3.63, 3.8) is 0 Å². The number of halogens is 1. The molecule has 2 heterocycles. The number of hydrogen-bond donors (Lipinski definition) is 1. The van der Waals surface area contributed by atoms with E-state index in [1.165, 1.54) is 5.56 Å². The Balaban J connectivity index is 2.32. The van der Waals surface area contributed by atoms with Crippen LogP contribution in [0.25, 0.3) is 16.9 Å². The van der Waals surface area contributed by atoms with E-state index < -0.39 is 0 Å². The molecule has 2 N–H and O–H groups in total. The molecule has 18 heavy (non-hydrogen) atoms. The summed E-state index contributed by atoms with van der Waals surface area (Å²) in [5, 5.41) is 0. The SMILES string of the molecule is Cc1cccc(-c2nc(Br)c3ccc(N)cn23)c1. The standard InChI is InChI=1S/C14H12BrN3/c1-9-3-2-4-10(7-9)14-17-13(15)12-6-5-11(16)8-18(12)14/h2-8H,16H2,1H3. The summed E-state index contributed by atoms with van der Waals surface area (Å²) in [5.74, 6) is 0.896. The van der Waals surface area contributed by atoms with Gasteiger partial charge in [0.05, 0.1) is 5.52 Å². The maximum Gasteiger partial charge on any atom is 0.145 e. The van der Waals surface area contributed by atoms with E-state index in [0.717, 1.165) is 27.2 Å². The number of benzene rings is 1. The van der Waals surface area contributed by atoms with E-state index >= 15 is 0 Å². The maximum absolute atomic E-state index is 5.85. The molecule has 0 aliphatic carbocycles. The molecule has 0 aliphatic heterocycles. The van der Waals surface area contributed by atoms with E-state index in [-0.39, 0.29) is 0 Å². The van der Waals surface area contributed by atoms with Gasteiger partial charge < -0.3 is 5.73 Å². The minimum Gasteiger partial charge on any atom is -0.398 e. The molecule has 0 amide bonds. The van der Waals surface area contributed by atoms with Gasteiger partial charge >= 0.3 is 0 Å². The van der Waals surface area contributed by atoms with E-state index in [0.29, 0.717) is 0 Å². The minimum absolute atomic E-state index is 0.723. The Morgan fingerprint density at radius 1 is 1.22 bits per heavy atom. The van der Waals surface area contributed by atoms with Gasteiger partial charge in [-0.15, -0.1) is 0 Å². The summed E-state index contributed by atoms with van der Waals surface area (Å²) in [5.41, 5.74) is 9.88. The molecule has 3 nitrogen and oxygen atoms in total. The van der Waals surface area contributed by atoms with Gasteiger partial charge in [-0.1, -0.05) is 23.8 Å². The third-order valence-corrected chi connectivity index (χ3v) is 3.47. The monoisotopic (exact) mass is 301 g/mol. The molecule has 0 fully saturated rings. The molecule has 4 heteroatoms. The van der Waals surface area contributed by atoms with Gasteiger partial charge in [0.25, 0.3) is 0 Å². The highest BCUT2D eigenvalue weighted by atomic mass is 79.9. The second-order valence-electron chi connectivity index (χ2n) is 4.31. The van der Waals surface area contributed by atoms with Gasteiger partial charge in [-0.25, -0.2) is 4.98 Å². The number of aryl methyl sites for hydroxylation is 1. The summed E-state index contributed by atoms with van der Waals surface area (Å²) >= 11 is 3.49. The molecular formula is C14H12BrN3. The van der Waals surface area contributed by atoms with Gasteiger partial charge in [-0.3, -0.25) is 4.40 Å². The number of fused-ring (bicyclic) bond motifs is 1. The van der Waals surface area contributed by atoms with E-state index in [9.17, 15) is 0 Å². The van der Waals surface area contributed by atoms with Gasteiger partial charge in [-0.2, -0.15) is 0 Å². The number of pyridine rings is 1. The molecule has 0 saturated heterocycles. The number of anilines is 1. The number of aromatic nitrogens is 2. The van der Waals surface area contributed by atoms with Crippen LogP contribution in [0, 0.1) is 6.92 Å². The van der Waals surface area contributed by atoms with Crippen molar-refractivity contribution in [2.75, 3.05) is 5.73 Å². The molecule has 1 aromatic carbocycles. The van der Waals surface area contributed by atoms with E-state index in [1.807, 2.05) is 28.8 Å². The summed E-state index contributed by atoms with van der Waals surface area (Å²) in [6, 6.07) is 12.1. The molecule has 3 rings (SSSR count). The molecule has 90 valence electrons. The van der Waals surface area contributed by atoms with Crippen LogP contribution in [-0.4, -0.2) is 9.38 Å². The normalized spacial score (nSPS) is 11.0. The van der Waals surface area contributed by atoms with Crippen molar-refractivity contribution in [2.45, 2.75) is 6.92 Å². The molecule has 0 unspecified atom stereocenters. The lowest BCUT2D eigenvalue weighted by Crippen LogP contribution is -1.93. The molecule has 3 aromatic rings. The Bertz CT molecular complexity index is 731. The van der Waals surface area contributed by atoms with Gasteiger partial charge in [0.1, 0.15) is 10.4 Å². The van der Waals surface area contributed by atoms with E-state index in [4.69, 9.17) is 5.73 Å². The molecule has 2 aromatic heterocycles. The quantitative estimate of drug-likeness (QED) is 0.745. The highest BCUT2D eigenvalue weighted by Gasteiger charge is 2.10. The van der Waals surface area contributed by atoms with Crippen molar-refractivity contribution < 1.29 is 0 Å². The number of nitrogen functional groups attached to an aromatic ring is 1. The predicted molar refractivity (Wildman–Crippen MR) is 77.5 cm³/mol. The number of imidazole rings is 1. The predicted octanol–water partition coefficient (Wildman–Crippen LogP) is 3.65. The molecular weight excluding hydrogens is 290 g/mol. The molecule has 0 spiro atoms. The van der Waals surface area contributed by atoms with Crippen LogP contribution in [0.1, 0.15) is 5.56 Å². The highest BCUT2D eigenvalue weighted by Crippen LogP contribution is 2.27. The third kappa shape index (κ3) is 1.78. The molecule has 0 aliphatic rings. The lowest BCUT2D eigenvalue weighted by molar-refractivity contribution is 1.16. The zero-order valence-corrected chi connectivity index (χ0v) is 11.5. The maximum atomic E-state index is 5.85. The first kappa shape index (κ1) is 11.3. The van der Waals surface area contributed by atoms with Crippen LogP contribution in [-0.2, 0) is 0 Å². The van der Waals surface area contributed by atoms with Crippen molar-refractivity contribution in [3.8, 4) is 11.4 Å². The van der Waals surface area contributed by atoms with Crippen LogP contribution in [0.4, 0.5) is 5.69 Å². The Labute approximate surface area is 113 Å². The summed E-state index contributed by atoms with van der Waals surface area (Å²) in [6.45, 7) is 2.07. The fourth-order valence-electron chi connectivity index (χ4n) is 2.05. The second kappa shape index (κ2) is 4.14. The van der Waals surface area contributed by atoms with Crippen LogP contribution in [0.15, 0.2) is 47.2 Å². The van der Waals surface area contributed by atoms with Crippen LogP contribution >= 0.6 is 15.9 Å². The highest BCUT2D eigenvalue weighted by molar-refractivity contribution is 9.10. The Morgan fingerprint density at radius 2 is 2.06 bits per heavy atom. The lowest BCUT2D eigenvalue weighted by atomic mass is 10.1. The molecule has 0 radical (unpaired) electrons. The zero-order chi connectivity index (χ0) is 12.7. The van der Waals surface area contributed by atoms with Crippen LogP contribution in [0.5, 0.6) is 0 Å². The Morgan fingerprint density at radius 3 is 2.83 bits per heavy atom. The van der Waals surface area contributed by atoms with Gasteiger partial charge in [0.2, 0.25) is 0 Å². The smallest absolute Gasteiger partial charge is 0.145 e. The van der Waals surface area contributed by atoms with Crippen molar-refractivity contribution in [3.05, 3.63) is 52.8 Å². The summed E-state index contributed by atoms with van der Waals surface area (Å²) in [4.78, 5) is 4.57.